The summed E-state index contributed by atoms with van der Waals surface area (Å²) in [5.74, 6) is -0.0394. The highest BCUT2D eigenvalue weighted by Gasteiger charge is 2.24. The Morgan fingerprint density at radius 1 is 1.00 bits per heavy atom. The van der Waals surface area contributed by atoms with Crippen molar-refractivity contribution in [1.82, 2.24) is 14.0 Å². The van der Waals surface area contributed by atoms with Gasteiger partial charge in [0.25, 0.3) is 5.56 Å². The highest BCUT2D eigenvalue weighted by Crippen LogP contribution is 2.26. The molecule has 6 heteroatoms. The zero-order valence-corrected chi connectivity index (χ0v) is 19.8. The molecule has 1 aromatic carbocycles. The average molecular weight is 436 g/mol. The molecule has 2 heterocycles. The second-order valence-electron chi connectivity index (χ2n) is 8.50. The molecule has 0 N–H and O–H groups in total. The Hall–Kier alpha value is -2.99. The standard InChI is InChI=1S/C26H33N3O3/c1-6-19-16-21-24(26(32)29(19)17-23(31)18-12-9-8-10-13-18)20(7-2)25(28(21)5)22(30)14-11-15-27(3)4/h8-10,12-13,16H,6-7,11,14-15,17H2,1-5H3. The van der Waals surface area contributed by atoms with E-state index in [9.17, 15) is 14.4 Å². The maximum Gasteiger partial charge on any atom is 0.260 e. The van der Waals surface area contributed by atoms with Crippen molar-refractivity contribution in [2.45, 2.75) is 46.1 Å². The zero-order chi connectivity index (χ0) is 23.4. The number of rotatable bonds is 10. The normalized spacial score (nSPS) is 11.4. The summed E-state index contributed by atoms with van der Waals surface area (Å²) in [6.45, 7) is 4.77. The second kappa shape index (κ2) is 10.1. The maximum absolute atomic E-state index is 13.6. The molecule has 3 aromatic rings. The summed E-state index contributed by atoms with van der Waals surface area (Å²) in [6.07, 6.45) is 2.41. The first-order valence-corrected chi connectivity index (χ1v) is 11.3. The lowest BCUT2D eigenvalue weighted by Crippen LogP contribution is -2.27. The molecular weight excluding hydrogens is 402 g/mol. The van der Waals surface area contributed by atoms with Crippen molar-refractivity contribution in [3.05, 3.63) is 69.3 Å². The van der Waals surface area contributed by atoms with Crippen LogP contribution in [0.25, 0.3) is 10.9 Å². The third kappa shape index (κ3) is 4.60. The first kappa shape index (κ1) is 23.7. The summed E-state index contributed by atoms with van der Waals surface area (Å²) >= 11 is 0. The van der Waals surface area contributed by atoms with Gasteiger partial charge in [-0.05, 0) is 51.5 Å². The molecule has 0 amide bonds. The molecular formula is C26H33N3O3. The van der Waals surface area contributed by atoms with Gasteiger partial charge < -0.3 is 14.0 Å². The van der Waals surface area contributed by atoms with Crippen LogP contribution in [-0.2, 0) is 26.4 Å². The smallest absolute Gasteiger partial charge is 0.260 e. The molecule has 0 saturated carbocycles. The Bertz CT molecular complexity index is 1190. The number of carbonyl (C=O) groups is 2. The van der Waals surface area contributed by atoms with Crippen LogP contribution >= 0.6 is 0 Å². The molecule has 0 atom stereocenters. The molecule has 0 saturated heterocycles. The van der Waals surface area contributed by atoms with Crippen molar-refractivity contribution in [1.29, 1.82) is 0 Å². The van der Waals surface area contributed by atoms with Gasteiger partial charge in [-0.15, -0.1) is 0 Å². The number of nitrogens with zero attached hydrogens (tertiary/aromatic N) is 3. The van der Waals surface area contributed by atoms with Crippen molar-refractivity contribution >= 4 is 22.5 Å². The molecule has 0 fully saturated rings. The fourth-order valence-corrected chi connectivity index (χ4v) is 4.37. The van der Waals surface area contributed by atoms with Gasteiger partial charge in [-0.3, -0.25) is 14.4 Å². The van der Waals surface area contributed by atoms with E-state index < -0.39 is 0 Å². The van der Waals surface area contributed by atoms with Crippen LogP contribution in [0.4, 0.5) is 0 Å². The number of aryl methyl sites for hydroxylation is 3. The number of aromatic nitrogens is 2. The molecule has 3 rings (SSSR count). The summed E-state index contributed by atoms with van der Waals surface area (Å²) in [5.41, 5.74) is 3.36. The molecule has 0 bridgehead atoms. The summed E-state index contributed by atoms with van der Waals surface area (Å²) in [4.78, 5) is 41.6. The molecule has 2 aromatic heterocycles. The number of fused-ring (bicyclic) bond motifs is 1. The minimum atomic E-state index is -0.191. The van der Waals surface area contributed by atoms with Crippen molar-refractivity contribution in [3.63, 3.8) is 0 Å². The van der Waals surface area contributed by atoms with Gasteiger partial charge in [0, 0.05) is 24.7 Å². The van der Waals surface area contributed by atoms with Gasteiger partial charge in [0.05, 0.1) is 23.1 Å². The van der Waals surface area contributed by atoms with Gasteiger partial charge >= 0.3 is 0 Å². The fraction of sp³-hybridized carbons (Fsp3) is 0.423. The number of benzene rings is 1. The number of pyridine rings is 1. The van der Waals surface area contributed by atoms with Gasteiger partial charge in [-0.25, -0.2) is 0 Å². The second-order valence-corrected chi connectivity index (χ2v) is 8.50. The molecule has 6 nitrogen and oxygen atoms in total. The van der Waals surface area contributed by atoms with Crippen LogP contribution in [-0.4, -0.2) is 46.2 Å². The molecule has 0 spiro atoms. The van der Waals surface area contributed by atoms with Crippen LogP contribution < -0.4 is 5.56 Å². The largest absolute Gasteiger partial charge is 0.341 e. The quantitative estimate of drug-likeness (QED) is 0.454. The van der Waals surface area contributed by atoms with Crippen LogP contribution in [0.5, 0.6) is 0 Å². The molecule has 0 aliphatic rings. The lowest BCUT2D eigenvalue weighted by atomic mass is 10.0. The molecule has 0 aliphatic heterocycles. The Morgan fingerprint density at radius 2 is 1.69 bits per heavy atom. The predicted molar refractivity (Wildman–Crippen MR) is 129 cm³/mol. The monoisotopic (exact) mass is 435 g/mol. The molecule has 32 heavy (non-hydrogen) atoms. The Labute approximate surface area is 189 Å². The molecule has 0 unspecified atom stereocenters. The zero-order valence-electron chi connectivity index (χ0n) is 19.8. The highest BCUT2D eigenvalue weighted by molar-refractivity contribution is 6.03. The highest BCUT2D eigenvalue weighted by atomic mass is 16.1. The third-order valence-electron chi connectivity index (χ3n) is 6.04. The number of hydrogen-bond donors (Lipinski definition) is 0. The lowest BCUT2D eigenvalue weighted by Gasteiger charge is -2.12. The Morgan fingerprint density at radius 3 is 2.28 bits per heavy atom. The first-order valence-electron chi connectivity index (χ1n) is 11.3. The van der Waals surface area contributed by atoms with Gasteiger partial charge in [-0.1, -0.05) is 44.2 Å². The van der Waals surface area contributed by atoms with E-state index in [-0.39, 0.29) is 23.7 Å². The first-order chi connectivity index (χ1) is 15.3. The van der Waals surface area contributed by atoms with Gasteiger partial charge in [0.1, 0.15) is 0 Å². The number of carbonyl (C=O) groups excluding carboxylic acids is 2. The van der Waals surface area contributed by atoms with E-state index in [0.29, 0.717) is 35.9 Å². The summed E-state index contributed by atoms with van der Waals surface area (Å²) in [7, 11) is 5.84. The average Bonchev–Trinajstić information content (AvgIpc) is 3.07. The number of Topliss-reactive ketones (excluding diaryl/α,β-unsaturated/α-hetero) is 2. The van der Waals surface area contributed by atoms with Crippen LogP contribution in [0.3, 0.4) is 0 Å². The van der Waals surface area contributed by atoms with Crippen LogP contribution in [0.1, 0.15) is 58.8 Å². The van der Waals surface area contributed by atoms with E-state index in [4.69, 9.17) is 0 Å². The van der Waals surface area contributed by atoms with Crippen molar-refractivity contribution < 1.29 is 9.59 Å². The van der Waals surface area contributed by atoms with Crippen LogP contribution in [0.2, 0.25) is 0 Å². The van der Waals surface area contributed by atoms with Gasteiger partial charge in [0.2, 0.25) is 0 Å². The molecule has 0 radical (unpaired) electrons. The van der Waals surface area contributed by atoms with E-state index in [1.165, 1.54) is 0 Å². The minimum absolute atomic E-state index is 0.00781. The Balaban J connectivity index is 2.10. The predicted octanol–water partition coefficient (Wildman–Crippen LogP) is 3.87. The summed E-state index contributed by atoms with van der Waals surface area (Å²) in [5, 5.41) is 0.559. The topological polar surface area (TPSA) is 64.3 Å². The van der Waals surface area contributed by atoms with Gasteiger partial charge in [0.15, 0.2) is 11.6 Å². The van der Waals surface area contributed by atoms with E-state index in [1.54, 1.807) is 16.7 Å². The SMILES string of the molecule is CCc1c(C(=O)CCCN(C)C)n(C)c2cc(CC)n(CC(=O)c3ccccc3)c(=O)c12. The summed E-state index contributed by atoms with van der Waals surface area (Å²) in [6, 6.07) is 11.0. The summed E-state index contributed by atoms with van der Waals surface area (Å²) < 4.78 is 3.45. The van der Waals surface area contributed by atoms with E-state index in [1.807, 2.05) is 63.8 Å². The minimum Gasteiger partial charge on any atom is -0.341 e. The van der Waals surface area contributed by atoms with Crippen molar-refractivity contribution in [2.24, 2.45) is 7.05 Å². The molecule has 0 aliphatic carbocycles. The fourth-order valence-electron chi connectivity index (χ4n) is 4.37. The van der Waals surface area contributed by atoms with Crippen molar-refractivity contribution in [2.75, 3.05) is 20.6 Å². The third-order valence-corrected chi connectivity index (χ3v) is 6.04. The Kier molecular flexibility index (Phi) is 7.46. The van der Waals surface area contributed by atoms with E-state index in [2.05, 4.69) is 4.90 Å². The lowest BCUT2D eigenvalue weighted by molar-refractivity contribution is 0.0961. The van der Waals surface area contributed by atoms with Gasteiger partial charge in [-0.2, -0.15) is 0 Å². The maximum atomic E-state index is 13.6. The van der Waals surface area contributed by atoms with Crippen LogP contribution in [0.15, 0.2) is 41.2 Å². The van der Waals surface area contributed by atoms with Crippen LogP contribution in [0, 0.1) is 0 Å². The molecule has 170 valence electrons. The number of hydrogen-bond acceptors (Lipinski definition) is 4. The van der Waals surface area contributed by atoms with Crippen molar-refractivity contribution in [3.8, 4) is 0 Å². The number of ketones is 2. The van der Waals surface area contributed by atoms with E-state index >= 15 is 0 Å². The van der Waals surface area contributed by atoms with E-state index in [0.717, 1.165) is 29.7 Å².